The highest BCUT2D eigenvalue weighted by molar-refractivity contribution is 5.80. The third-order valence-corrected chi connectivity index (χ3v) is 3.20. The fourth-order valence-electron chi connectivity index (χ4n) is 2.33. The first-order chi connectivity index (χ1) is 9.28. The van der Waals surface area contributed by atoms with Crippen molar-refractivity contribution in [3.63, 3.8) is 0 Å². The van der Waals surface area contributed by atoms with Crippen LogP contribution in [-0.4, -0.2) is 14.7 Å². The van der Waals surface area contributed by atoms with Crippen LogP contribution in [0.25, 0.3) is 11.0 Å². The quantitative estimate of drug-likeness (QED) is 0.752. The molecule has 2 heterocycles. The number of fused-ring (bicyclic) bond motifs is 1. The zero-order chi connectivity index (χ0) is 13.2. The molecule has 0 saturated carbocycles. The normalized spacial score (nSPS) is 11.0. The second kappa shape index (κ2) is 4.74. The Morgan fingerprint density at radius 1 is 1.21 bits per heavy atom. The Kier molecular flexibility index (Phi) is 2.93. The van der Waals surface area contributed by atoms with E-state index in [4.69, 9.17) is 5.73 Å². The van der Waals surface area contributed by atoms with Gasteiger partial charge in [0.15, 0.2) is 0 Å². The van der Waals surface area contributed by atoms with Crippen LogP contribution in [-0.2, 0) is 13.1 Å². The summed E-state index contributed by atoms with van der Waals surface area (Å²) in [6.45, 7) is 1.16. The molecule has 1 aromatic carbocycles. The van der Waals surface area contributed by atoms with E-state index in [0.717, 1.165) is 22.2 Å². The number of nitrogens with two attached hydrogens (primary N) is 1. The smallest absolute Gasteiger partial charge is 0.140 e. The minimum Gasteiger partial charge on any atom is -0.508 e. The van der Waals surface area contributed by atoms with Gasteiger partial charge in [-0.15, -0.1) is 0 Å². The molecule has 0 atom stereocenters. The van der Waals surface area contributed by atoms with Gasteiger partial charge in [-0.25, -0.2) is 4.98 Å². The Labute approximate surface area is 111 Å². The monoisotopic (exact) mass is 253 g/mol. The number of nitrogens with zero attached hydrogens (tertiary/aromatic N) is 2. The second-order valence-electron chi connectivity index (χ2n) is 4.53. The first kappa shape index (κ1) is 11.7. The van der Waals surface area contributed by atoms with E-state index < -0.39 is 0 Å². The van der Waals surface area contributed by atoms with Crippen LogP contribution >= 0.6 is 0 Å². The Morgan fingerprint density at radius 3 is 2.89 bits per heavy atom. The average Bonchev–Trinajstić information content (AvgIpc) is 2.77. The summed E-state index contributed by atoms with van der Waals surface area (Å²) in [5.41, 5.74) is 8.81. The van der Waals surface area contributed by atoms with Gasteiger partial charge in [-0.2, -0.15) is 0 Å². The Bertz CT molecular complexity index is 718. The minimum atomic E-state index is 0.279. The second-order valence-corrected chi connectivity index (χ2v) is 4.53. The highest BCUT2D eigenvalue weighted by Crippen LogP contribution is 2.21. The molecule has 19 heavy (non-hydrogen) atoms. The molecule has 4 nitrogen and oxygen atoms in total. The molecular formula is C15H15N3O. The fourth-order valence-corrected chi connectivity index (χ4v) is 2.33. The molecule has 3 aromatic rings. The van der Waals surface area contributed by atoms with Crippen molar-refractivity contribution >= 4 is 11.0 Å². The van der Waals surface area contributed by atoms with Crippen LogP contribution in [0.5, 0.6) is 5.75 Å². The molecule has 0 unspecified atom stereocenters. The lowest BCUT2D eigenvalue weighted by Gasteiger charge is -2.05. The van der Waals surface area contributed by atoms with Gasteiger partial charge >= 0.3 is 0 Å². The molecule has 96 valence electrons. The van der Waals surface area contributed by atoms with Gasteiger partial charge in [-0.3, -0.25) is 0 Å². The summed E-state index contributed by atoms with van der Waals surface area (Å²) in [5, 5.41) is 10.6. The van der Waals surface area contributed by atoms with E-state index >= 15 is 0 Å². The Hall–Kier alpha value is -2.33. The lowest BCUT2D eigenvalue weighted by molar-refractivity contribution is 0.474. The first-order valence-electron chi connectivity index (χ1n) is 6.18. The number of phenols is 1. The number of phenolic OH excluding ortho intramolecular Hbond substituents is 1. The Morgan fingerprint density at radius 2 is 2.11 bits per heavy atom. The predicted octanol–water partition coefficient (Wildman–Crippen LogP) is 2.25. The molecule has 0 bridgehead atoms. The SMILES string of the molecule is NCc1cn(Cc2cccc(O)c2)c2ncccc12. The lowest BCUT2D eigenvalue weighted by Crippen LogP contribution is -1.99. The van der Waals surface area contributed by atoms with Crippen LogP contribution in [0.4, 0.5) is 0 Å². The molecule has 0 aliphatic heterocycles. The minimum absolute atomic E-state index is 0.279. The van der Waals surface area contributed by atoms with Crippen molar-refractivity contribution in [3.05, 3.63) is 59.9 Å². The summed E-state index contributed by atoms with van der Waals surface area (Å²) >= 11 is 0. The topological polar surface area (TPSA) is 64.1 Å². The highest BCUT2D eigenvalue weighted by Gasteiger charge is 2.08. The third-order valence-electron chi connectivity index (χ3n) is 3.20. The maximum Gasteiger partial charge on any atom is 0.140 e. The molecule has 4 heteroatoms. The summed E-state index contributed by atoms with van der Waals surface area (Å²) in [5.74, 6) is 0.279. The van der Waals surface area contributed by atoms with Crippen molar-refractivity contribution in [2.75, 3.05) is 0 Å². The van der Waals surface area contributed by atoms with Crippen molar-refractivity contribution in [2.24, 2.45) is 5.73 Å². The van der Waals surface area contributed by atoms with Crippen LogP contribution in [0.3, 0.4) is 0 Å². The van der Waals surface area contributed by atoms with E-state index in [1.165, 1.54) is 0 Å². The lowest BCUT2D eigenvalue weighted by atomic mass is 10.2. The molecule has 3 N–H and O–H groups in total. The molecule has 0 aliphatic carbocycles. The third kappa shape index (κ3) is 2.18. The number of aromatic hydroxyl groups is 1. The first-order valence-corrected chi connectivity index (χ1v) is 6.18. The Balaban J connectivity index is 2.06. The predicted molar refractivity (Wildman–Crippen MR) is 74.8 cm³/mol. The van der Waals surface area contributed by atoms with E-state index in [1.807, 2.05) is 30.5 Å². The number of pyridine rings is 1. The van der Waals surface area contributed by atoms with Crippen molar-refractivity contribution in [1.29, 1.82) is 0 Å². The van der Waals surface area contributed by atoms with E-state index in [2.05, 4.69) is 9.55 Å². The number of rotatable bonds is 3. The van der Waals surface area contributed by atoms with Gasteiger partial charge < -0.3 is 15.4 Å². The van der Waals surface area contributed by atoms with E-state index in [0.29, 0.717) is 13.1 Å². The highest BCUT2D eigenvalue weighted by atomic mass is 16.3. The number of hydrogen-bond acceptors (Lipinski definition) is 3. The zero-order valence-electron chi connectivity index (χ0n) is 10.5. The maximum absolute atomic E-state index is 9.51. The van der Waals surface area contributed by atoms with Crippen LogP contribution in [0, 0.1) is 0 Å². The van der Waals surface area contributed by atoms with Gasteiger partial charge in [0.05, 0.1) is 0 Å². The number of aromatic nitrogens is 2. The summed E-state index contributed by atoms with van der Waals surface area (Å²) in [4.78, 5) is 4.41. The van der Waals surface area contributed by atoms with Crippen molar-refractivity contribution in [1.82, 2.24) is 9.55 Å². The largest absolute Gasteiger partial charge is 0.508 e. The van der Waals surface area contributed by atoms with Crippen LogP contribution in [0.15, 0.2) is 48.8 Å². The summed E-state index contributed by atoms with van der Waals surface area (Å²) in [7, 11) is 0. The van der Waals surface area contributed by atoms with Crippen molar-refractivity contribution in [2.45, 2.75) is 13.1 Å². The summed E-state index contributed by atoms with van der Waals surface area (Å²) in [6, 6.07) is 11.2. The molecular weight excluding hydrogens is 238 g/mol. The standard InChI is InChI=1S/C15H15N3O/c16-8-12-10-18(15-14(12)5-2-6-17-15)9-11-3-1-4-13(19)7-11/h1-7,10,19H,8-9,16H2. The van der Waals surface area contributed by atoms with E-state index in [1.54, 1.807) is 18.3 Å². The molecule has 0 fully saturated rings. The molecule has 3 rings (SSSR count). The van der Waals surface area contributed by atoms with Crippen molar-refractivity contribution < 1.29 is 5.11 Å². The van der Waals surface area contributed by atoms with Gasteiger partial charge in [-0.1, -0.05) is 12.1 Å². The van der Waals surface area contributed by atoms with Crippen molar-refractivity contribution in [3.8, 4) is 5.75 Å². The number of benzene rings is 1. The van der Waals surface area contributed by atoms with Gasteiger partial charge in [0.25, 0.3) is 0 Å². The van der Waals surface area contributed by atoms with E-state index in [9.17, 15) is 5.11 Å². The number of hydrogen-bond donors (Lipinski definition) is 2. The van der Waals surface area contributed by atoms with Gasteiger partial charge in [0.2, 0.25) is 0 Å². The van der Waals surface area contributed by atoms with Gasteiger partial charge in [-0.05, 0) is 35.4 Å². The van der Waals surface area contributed by atoms with Gasteiger partial charge in [0, 0.05) is 30.9 Å². The maximum atomic E-state index is 9.51. The molecule has 0 saturated heterocycles. The van der Waals surface area contributed by atoms with E-state index in [-0.39, 0.29) is 5.75 Å². The van der Waals surface area contributed by atoms with Crippen LogP contribution < -0.4 is 5.73 Å². The molecule has 2 aromatic heterocycles. The molecule has 0 amide bonds. The van der Waals surface area contributed by atoms with Crippen LogP contribution in [0.1, 0.15) is 11.1 Å². The van der Waals surface area contributed by atoms with Gasteiger partial charge in [0.1, 0.15) is 11.4 Å². The summed E-state index contributed by atoms with van der Waals surface area (Å²) < 4.78 is 2.06. The summed E-state index contributed by atoms with van der Waals surface area (Å²) in [6.07, 6.45) is 3.81. The van der Waals surface area contributed by atoms with Crippen LogP contribution in [0.2, 0.25) is 0 Å². The average molecular weight is 253 g/mol. The zero-order valence-corrected chi connectivity index (χ0v) is 10.5. The molecule has 0 spiro atoms. The molecule has 0 aliphatic rings. The molecule has 0 radical (unpaired) electrons. The fraction of sp³-hybridized carbons (Fsp3) is 0.133.